The summed E-state index contributed by atoms with van der Waals surface area (Å²) in [6.45, 7) is 13.6. The number of hydrogen-bond donors (Lipinski definition) is 2. The van der Waals surface area contributed by atoms with Crippen LogP contribution >= 0.6 is 0 Å². The summed E-state index contributed by atoms with van der Waals surface area (Å²) in [4.78, 5) is 2.41. The van der Waals surface area contributed by atoms with Crippen molar-refractivity contribution in [3.63, 3.8) is 0 Å². The van der Waals surface area contributed by atoms with Gasteiger partial charge in [0.15, 0.2) is 0 Å². The number of hydrogen-bond acceptors (Lipinski definition) is 3. The molecule has 0 aliphatic heterocycles. The lowest BCUT2D eigenvalue weighted by molar-refractivity contribution is 0.112. The van der Waals surface area contributed by atoms with Gasteiger partial charge in [0.05, 0.1) is 6.61 Å². The van der Waals surface area contributed by atoms with Crippen LogP contribution in [0.25, 0.3) is 0 Å². The summed E-state index contributed by atoms with van der Waals surface area (Å²) >= 11 is 0. The second-order valence-electron chi connectivity index (χ2n) is 6.75. The van der Waals surface area contributed by atoms with Crippen molar-refractivity contribution in [3.05, 3.63) is 0 Å². The molecule has 0 bridgehead atoms. The predicted octanol–water partition coefficient (Wildman–Crippen LogP) is 2.74. The average Bonchev–Trinajstić information content (AvgIpc) is 2.45. The van der Waals surface area contributed by atoms with E-state index in [1.165, 1.54) is 25.7 Å². The van der Waals surface area contributed by atoms with Crippen LogP contribution in [0, 0.1) is 17.8 Å². The molecule has 1 fully saturated rings. The molecular weight excluding hydrogens is 248 g/mol. The summed E-state index contributed by atoms with van der Waals surface area (Å²) in [5, 5.41) is 13.0. The fourth-order valence-corrected chi connectivity index (χ4v) is 3.56. The molecule has 1 saturated carbocycles. The first-order valence-corrected chi connectivity index (χ1v) is 8.68. The minimum atomic E-state index is 0.279. The Morgan fingerprint density at radius 2 is 2.00 bits per heavy atom. The summed E-state index contributed by atoms with van der Waals surface area (Å²) in [7, 11) is 0. The Morgan fingerprint density at radius 3 is 2.55 bits per heavy atom. The number of nitrogens with zero attached hydrogens (tertiary/aromatic N) is 1. The van der Waals surface area contributed by atoms with Crippen LogP contribution in [0.5, 0.6) is 0 Å². The van der Waals surface area contributed by atoms with E-state index in [2.05, 4.69) is 37.9 Å². The van der Waals surface area contributed by atoms with Gasteiger partial charge in [0.2, 0.25) is 0 Å². The van der Waals surface area contributed by atoms with Gasteiger partial charge in [-0.1, -0.05) is 27.7 Å². The lowest BCUT2D eigenvalue weighted by Crippen LogP contribution is -2.47. The van der Waals surface area contributed by atoms with Crippen molar-refractivity contribution in [1.29, 1.82) is 0 Å². The van der Waals surface area contributed by atoms with Crippen molar-refractivity contribution >= 4 is 0 Å². The molecule has 0 radical (unpaired) electrons. The van der Waals surface area contributed by atoms with Crippen LogP contribution < -0.4 is 5.32 Å². The third-order valence-corrected chi connectivity index (χ3v) is 4.98. The molecule has 3 heteroatoms. The van der Waals surface area contributed by atoms with E-state index in [1.54, 1.807) is 0 Å². The van der Waals surface area contributed by atoms with E-state index in [0.29, 0.717) is 6.04 Å². The summed E-state index contributed by atoms with van der Waals surface area (Å²) in [6.07, 6.45) is 5.26. The normalized spacial score (nSPS) is 27.4. The van der Waals surface area contributed by atoms with E-state index in [-0.39, 0.29) is 6.61 Å². The van der Waals surface area contributed by atoms with Gasteiger partial charge in [0.1, 0.15) is 0 Å². The molecule has 1 aliphatic carbocycles. The smallest absolute Gasteiger partial charge is 0.0558 e. The highest BCUT2D eigenvalue weighted by atomic mass is 16.3. The Balaban J connectivity index is 2.60. The van der Waals surface area contributed by atoms with Gasteiger partial charge in [-0.15, -0.1) is 0 Å². The Labute approximate surface area is 126 Å². The Kier molecular flexibility index (Phi) is 8.74. The highest BCUT2D eigenvalue weighted by Gasteiger charge is 2.32. The molecule has 0 spiro atoms. The van der Waals surface area contributed by atoms with Crippen molar-refractivity contribution in [1.82, 2.24) is 10.2 Å². The number of aliphatic hydroxyl groups is 1. The largest absolute Gasteiger partial charge is 0.395 e. The van der Waals surface area contributed by atoms with Crippen LogP contribution in [0.3, 0.4) is 0 Å². The molecule has 0 amide bonds. The van der Waals surface area contributed by atoms with Gasteiger partial charge in [-0.25, -0.2) is 0 Å². The molecule has 3 atom stereocenters. The molecule has 0 aromatic carbocycles. The van der Waals surface area contributed by atoms with Gasteiger partial charge in [-0.2, -0.15) is 0 Å². The summed E-state index contributed by atoms with van der Waals surface area (Å²) in [5.74, 6) is 2.43. The van der Waals surface area contributed by atoms with E-state index in [4.69, 9.17) is 0 Å². The highest BCUT2D eigenvalue weighted by Crippen LogP contribution is 2.34. The molecule has 1 aliphatic rings. The number of aliphatic hydroxyl groups excluding tert-OH is 1. The third kappa shape index (κ3) is 5.71. The molecule has 2 N–H and O–H groups in total. The third-order valence-electron chi connectivity index (χ3n) is 4.98. The first-order valence-electron chi connectivity index (χ1n) is 8.68. The first-order chi connectivity index (χ1) is 9.62. The van der Waals surface area contributed by atoms with Gasteiger partial charge in [0.25, 0.3) is 0 Å². The average molecular weight is 284 g/mol. The van der Waals surface area contributed by atoms with E-state index < -0.39 is 0 Å². The molecular formula is C17H36N2O. The summed E-state index contributed by atoms with van der Waals surface area (Å²) in [6, 6.07) is 0.678. The molecule has 3 nitrogen and oxygen atoms in total. The van der Waals surface area contributed by atoms with E-state index in [1.807, 2.05) is 0 Å². The van der Waals surface area contributed by atoms with Crippen molar-refractivity contribution in [2.45, 2.75) is 59.4 Å². The van der Waals surface area contributed by atoms with Gasteiger partial charge >= 0.3 is 0 Å². The van der Waals surface area contributed by atoms with Gasteiger partial charge in [-0.05, 0) is 56.5 Å². The fourth-order valence-electron chi connectivity index (χ4n) is 3.56. The topological polar surface area (TPSA) is 35.5 Å². The summed E-state index contributed by atoms with van der Waals surface area (Å²) < 4.78 is 0. The lowest BCUT2D eigenvalue weighted by Gasteiger charge is -2.40. The van der Waals surface area contributed by atoms with Crippen LogP contribution in [0.4, 0.5) is 0 Å². The van der Waals surface area contributed by atoms with Crippen molar-refractivity contribution < 1.29 is 5.11 Å². The van der Waals surface area contributed by atoms with Gasteiger partial charge in [0, 0.05) is 19.1 Å². The van der Waals surface area contributed by atoms with Crippen molar-refractivity contribution in [2.24, 2.45) is 17.8 Å². The summed E-state index contributed by atoms with van der Waals surface area (Å²) in [5.41, 5.74) is 0. The van der Waals surface area contributed by atoms with E-state index in [0.717, 1.165) is 43.9 Å². The SMILES string of the molecule is CCCNC1CCC(C(C)C)CC1CN(CC)CCO. The molecule has 1 rings (SSSR count). The van der Waals surface area contributed by atoms with Crippen LogP contribution in [0.15, 0.2) is 0 Å². The van der Waals surface area contributed by atoms with Crippen LogP contribution in [-0.2, 0) is 0 Å². The number of nitrogens with one attached hydrogen (secondary N) is 1. The van der Waals surface area contributed by atoms with Gasteiger partial charge in [-0.3, -0.25) is 0 Å². The molecule has 3 unspecified atom stereocenters. The molecule has 20 heavy (non-hydrogen) atoms. The van der Waals surface area contributed by atoms with Crippen LogP contribution in [-0.4, -0.2) is 48.8 Å². The first kappa shape index (κ1) is 17.9. The maximum atomic E-state index is 9.19. The quantitative estimate of drug-likeness (QED) is 0.683. The highest BCUT2D eigenvalue weighted by molar-refractivity contribution is 4.87. The van der Waals surface area contributed by atoms with Gasteiger partial charge < -0.3 is 15.3 Å². The second-order valence-corrected chi connectivity index (χ2v) is 6.75. The standard InChI is InChI=1S/C17H36N2O/c1-5-9-18-17-8-7-15(14(3)4)12-16(17)13-19(6-2)10-11-20/h14-18,20H,5-13H2,1-4H3. The number of likely N-dealkylation sites (N-methyl/N-ethyl adjacent to an activating group) is 1. The van der Waals surface area contributed by atoms with Crippen molar-refractivity contribution in [2.75, 3.05) is 32.8 Å². The maximum Gasteiger partial charge on any atom is 0.0558 e. The van der Waals surface area contributed by atoms with Crippen molar-refractivity contribution in [3.8, 4) is 0 Å². The van der Waals surface area contributed by atoms with Crippen LogP contribution in [0.2, 0.25) is 0 Å². The molecule has 0 aromatic heterocycles. The van der Waals surface area contributed by atoms with E-state index in [9.17, 15) is 5.11 Å². The van der Waals surface area contributed by atoms with E-state index >= 15 is 0 Å². The fraction of sp³-hybridized carbons (Fsp3) is 1.00. The molecule has 120 valence electrons. The number of rotatable bonds is 9. The zero-order chi connectivity index (χ0) is 15.0. The maximum absolute atomic E-state index is 9.19. The molecule has 0 saturated heterocycles. The monoisotopic (exact) mass is 284 g/mol. The minimum Gasteiger partial charge on any atom is -0.395 e. The molecule has 0 heterocycles. The lowest BCUT2D eigenvalue weighted by atomic mass is 9.73. The zero-order valence-electron chi connectivity index (χ0n) is 14.1. The zero-order valence-corrected chi connectivity index (χ0v) is 14.1. The Bertz CT molecular complexity index is 245. The minimum absolute atomic E-state index is 0.279. The predicted molar refractivity (Wildman–Crippen MR) is 87.0 cm³/mol. The Hall–Kier alpha value is -0.120. The molecule has 0 aromatic rings. The Morgan fingerprint density at radius 1 is 1.25 bits per heavy atom. The second kappa shape index (κ2) is 9.75. The van der Waals surface area contributed by atoms with Crippen LogP contribution in [0.1, 0.15) is 53.4 Å².